The fourth-order valence-electron chi connectivity index (χ4n) is 1.95. The monoisotopic (exact) mass is 296 g/mol. The minimum atomic E-state index is -4.63. The maximum absolute atomic E-state index is 12.0. The number of rotatable bonds is 3. The lowest BCUT2D eigenvalue weighted by Gasteiger charge is -2.24. The lowest BCUT2D eigenvalue weighted by atomic mass is 10.1. The topological polar surface area (TPSA) is 33.3 Å². The molecule has 7 heteroatoms. The molecule has 0 saturated carbocycles. The minimum Gasteiger partial charge on any atom is -0.406 e. The number of nitrogens with one attached hydrogen (secondary N) is 2. The summed E-state index contributed by atoms with van der Waals surface area (Å²) < 4.78 is 39.7. The molecule has 0 bridgehead atoms. The van der Waals surface area contributed by atoms with Crippen LogP contribution < -0.4 is 15.4 Å². The maximum atomic E-state index is 12.0. The molecule has 1 aromatic carbocycles. The zero-order chi connectivity index (χ0) is 13.0. The summed E-state index contributed by atoms with van der Waals surface area (Å²) in [6, 6.07) is 6.21. The lowest BCUT2D eigenvalue weighted by molar-refractivity contribution is -0.274. The van der Waals surface area contributed by atoms with E-state index in [-0.39, 0.29) is 18.2 Å². The average molecular weight is 297 g/mol. The van der Waals surface area contributed by atoms with Crippen LogP contribution in [-0.4, -0.2) is 25.5 Å². The highest BCUT2D eigenvalue weighted by Gasteiger charge is 2.30. The number of hydrogen-bond acceptors (Lipinski definition) is 3. The average Bonchev–Trinajstić information content (AvgIpc) is 2.31. The van der Waals surface area contributed by atoms with Gasteiger partial charge in [-0.15, -0.1) is 25.6 Å². The van der Waals surface area contributed by atoms with Gasteiger partial charge in [0.25, 0.3) is 0 Å². The second-order valence-electron chi connectivity index (χ2n) is 4.24. The normalized spacial score (nSPS) is 16.6. The summed E-state index contributed by atoms with van der Waals surface area (Å²) >= 11 is 0. The van der Waals surface area contributed by atoms with Crippen molar-refractivity contribution in [2.75, 3.05) is 18.4 Å². The Balaban J connectivity index is 0.00000180. The van der Waals surface area contributed by atoms with Crippen molar-refractivity contribution in [1.29, 1.82) is 0 Å². The van der Waals surface area contributed by atoms with Crippen LogP contribution in [-0.2, 0) is 0 Å². The molecule has 19 heavy (non-hydrogen) atoms. The largest absolute Gasteiger partial charge is 0.573 e. The van der Waals surface area contributed by atoms with Gasteiger partial charge in [-0.2, -0.15) is 0 Å². The summed E-state index contributed by atoms with van der Waals surface area (Å²) in [5.41, 5.74) is 0.816. The smallest absolute Gasteiger partial charge is 0.406 e. The summed E-state index contributed by atoms with van der Waals surface area (Å²) in [6.45, 7) is 1.93. The second kappa shape index (κ2) is 6.86. The number of alkyl halides is 3. The van der Waals surface area contributed by atoms with Crippen LogP contribution in [0.15, 0.2) is 24.3 Å². The number of hydrogen-bond donors (Lipinski definition) is 2. The van der Waals surface area contributed by atoms with Gasteiger partial charge in [0.05, 0.1) is 0 Å². The van der Waals surface area contributed by atoms with E-state index in [0.717, 1.165) is 31.6 Å². The van der Waals surface area contributed by atoms with Crippen LogP contribution in [0.1, 0.15) is 12.8 Å². The summed E-state index contributed by atoms with van der Waals surface area (Å²) in [5.74, 6) is -0.196. The maximum Gasteiger partial charge on any atom is 0.573 e. The van der Waals surface area contributed by atoms with Gasteiger partial charge in [-0.3, -0.25) is 0 Å². The van der Waals surface area contributed by atoms with Crippen molar-refractivity contribution >= 4 is 18.1 Å². The molecule has 0 unspecified atom stereocenters. The number of piperidine rings is 1. The molecule has 1 aliphatic rings. The molecule has 0 radical (unpaired) electrons. The van der Waals surface area contributed by atoms with Crippen molar-refractivity contribution < 1.29 is 17.9 Å². The number of anilines is 1. The molecule has 0 spiro atoms. The Labute approximate surface area is 115 Å². The molecule has 1 aliphatic heterocycles. The second-order valence-corrected chi connectivity index (χ2v) is 4.24. The summed E-state index contributed by atoms with van der Waals surface area (Å²) in [4.78, 5) is 0. The van der Waals surface area contributed by atoms with Crippen LogP contribution in [0.4, 0.5) is 18.9 Å². The summed E-state index contributed by atoms with van der Waals surface area (Å²) in [7, 11) is 0. The third-order valence-corrected chi connectivity index (χ3v) is 2.80. The molecule has 1 saturated heterocycles. The highest BCUT2D eigenvalue weighted by molar-refractivity contribution is 5.85. The van der Waals surface area contributed by atoms with Crippen molar-refractivity contribution in [3.8, 4) is 5.75 Å². The van der Waals surface area contributed by atoms with E-state index in [1.54, 1.807) is 12.1 Å². The van der Waals surface area contributed by atoms with E-state index < -0.39 is 6.36 Å². The zero-order valence-corrected chi connectivity index (χ0v) is 11.0. The van der Waals surface area contributed by atoms with Gasteiger partial charge in [-0.1, -0.05) is 0 Å². The molecule has 2 N–H and O–H groups in total. The Kier molecular flexibility index (Phi) is 5.75. The minimum absolute atomic E-state index is 0. The van der Waals surface area contributed by atoms with Crippen LogP contribution in [0.5, 0.6) is 5.75 Å². The Morgan fingerprint density at radius 1 is 1.11 bits per heavy atom. The Morgan fingerprint density at radius 3 is 2.21 bits per heavy atom. The van der Waals surface area contributed by atoms with E-state index in [9.17, 15) is 13.2 Å². The molecule has 0 amide bonds. The van der Waals surface area contributed by atoms with Gasteiger partial charge in [-0.05, 0) is 50.2 Å². The van der Waals surface area contributed by atoms with E-state index in [2.05, 4.69) is 15.4 Å². The van der Waals surface area contributed by atoms with Crippen LogP contribution in [0.3, 0.4) is 0 Å². The molecule has 0 aliphatic carbocycles. The summed E-state index contributed by atoms with van der Waals surface area (Å²) in [5, 5.41) is 6.54. The van der Waals surface area contributed by atoms with Crippen LogP contribution in [0, 0.1) is 0 Å². The first-order valence-electron chi connectivity index (χ1n) is 5.86. The molecule has 108 valence electrons. The molecule has 0 atom stereocenters. The Morgan fingerprint density at radius 2 is 1.68 bits per heavy atom. The first-order chi connectivity index (χ1) is 8.53. The van der Waals surface area contributed by atoms with Gasteiger partial charge < -0.3 is 15.4 Å². The van der Waals surface area contributed by atoms with Crippen molar-refractivity contribution in [2.45, 2.75) is 25.2 Å². The standard InChI is InChI=1S/C12H15F3N2O.ClH/c13-12(14,15)18-11-3-1-9(2-4-11)17-10-5-7-16-8-6-10;/h1-4,10,16-17H,5-8H2;1H. The Bertz CT molecular complexity index is 378. The fraction of sp³-hybridized carbons (Fsp3) is 0.500. The number of benzene rings is 1. The van der Waals surface area contributed by atoms with Gasteiger partial charge in [0.1, 0.15) is 5.75 Å². The van der Waals surface area contributed by atoms with Gasteiger partial charge in [0.2, 0.25) is 0 Å². The van der Waals surface area contributed by atoms with Crippen molar-refractivity contribution in [3.05, 3.63) is 24.3 Å². The molecule has 2 rings (SSSR count). The van der Waals surface area contributed by atoms with Crippen LogP contribution in [0.2, 0.25) is 0 Å². The molecule has 1 fully saturated rings. The summed E-state index contributed by atoms with van der Waals surface area (Å²) in [6.07, 6.45) is -2.61. The van der Waals surface area contributed by atoms with Crippen molar-refractivity contribution in [3.63, 3.8) is 0 Å². The van der Waals surface area contributed by atoms with Crippen LogP contribution in [0.25, 0.3) is 0 Å². The van der Waals surface area contributed by atoms with Gasteiger partial charge >= 0.3 is 6.36 Å². The van der Waals surface area contributed by atoms with Gasteiger partial charge in [0, 0.05) is 11.7 Å². The van der Waals surface area contributed by atoms with Crippen molar-refractivity contribution in [2.24, 2.45) is 0 Å². The van der Waals surface area contributed by atoms with E-state index in [4.69, 9.17) is 0 Å². The predicted octanol–water partition coefficient (Wildman–Crippen LogP) is 3.17. The molecule has 1 aromatic rings. The molecule has 3 nitrogen and oxygen atoms in total. The number of halogens is 4. The van der Waals surface area contributed by atoms with Gasteiger partial charge in [0.15, 0.2) is 0 Å². The highest BCUT2D eigenvalue weighted by Crippen LogP contribution is 2.24. The first-order valence-corrected chi connectivity index (χ1v) is 5.86. The van der Waals surface area contributed by atoms with Crippen LogP contribution >= 0.6 is 12.4 Å². The number of ether oxygens (including phenoxy) is 1. The third kappa shape index (κ3) is 5.57. The van der Waals surface area contributed by atoms with E-state index in [1.165, 1.54) is 12.1 Å². The van der Waals surface area contributed by atoms with Crippen molar-refractivity contribution in [1.82, 2.24) is 5.32 Å². The fourth-order valence-corrected chi connectivity index (χ4v) is 1.95. The zero-order valence-electron chi connectivity index (χ0n) is 10.2. The Hall–Kier alpha value is -1.14. The highest BCUT2D eigenvalue weighted by atomic mass is 35.5. The molecule has 0 aromatic heterocycles. The van der Waals surface area contributed by atoms with E-state index in [1.807, 2.05) is 0 Å². The quantitative estimate of drug-likeness (QED) is 0.899. The molecular weight excluding hydrogens is 281 g/mol. The predicted molar refractivity (Wildman–Crippen MR) is 69.9 cm³/mol. The van der Waals surface area contributed by atoms with E-state index >= 15 is 0 Å². The van der Waals surface area contributed by atoms with E-state index in [0.29, 0.717) is 6.04 Å². The van der Waals surface area contributed by atoms with Gasteiger partial charge in [-0.25, -0.2) is 0 Å². The first kappa shape index (κ1) is 15.9. The SMILES string of the molecule is Cl.FC(F)(F)Oc1ccc(NC2CCNCC2)cc1. The molecular formula is C12H16ClF3N2O. The molecule has 1 heterocycles. The third-order valence-electron chi connectivity index (χ3n) is 2.80. The lowest BCUT2D eigenvalue weighted by Crippen LogP contribution is -2.35.